The molecule has 2 nitrogen and oxygen atoms in total. The second-order valence-corrected chi connectivity index (χ2v) is 4.21. The second kappa shape index (κ2) is 3.62. The van der Waals surface area contributed by atoms with Crippen LogP contribution < -0.4 is 5.32 Å². The smallest absolute Gasteiger partial charge is 0.0741 e. The molecule has 0 amide bonds. The normalized spacial score (nSPS) is 25.6. The van der Waals surface area contributed by atoms with Gasteiger partial charge in [-0.2, -0.15) is 0 Å². The molecule has 14 heavy (non-hydrogen) atoms. The minimum atomic E-state index is -0.157. The summed E-state index contributed by atoms with van der Waals surface area (Å²) in [5.41, 5.74) is 3.69. The molecule has 1 aromatic carbocycles. The van der Waals surface area contributed by atoms with Crippen molar-refractivity contribution >= 4 is 5.69 Å². The van der Waals surface area contributed by atoms with Crippen molar-refractivity contribution in [3.63, 3.8) is 0 Å². The second-order valence-electron chi connectivity index (χ2n) is 4.21. The first-order valence-electron chi connectivity index (χ1n) is 5.18. The number of aliphatic hydroxyl groups excluding tert-OH is 1. The summed E-state index contributed by atoms with van der Waals surface area (Å²) in [6, 6.07) is 6.61. The third-order valence-electron chi connectivity index (χ3n) is 2.96. The Morgan fingerprint density at radius 3 is 2.57 bits per heavy atom. The number of hydrogen-bond donors (Lipinski definition) is 2. The van der Waals surface area contributed by atoms with Crippen molar-refractivity contribution in [1.82, 2.24) is 0 Å². The van der Waals surface area contributed by atoms with Gasteiger partial charge in [-0.25, -0.2) is 0 Å². The van der Waals surface area contributed by atoms with Gasteiger partial charge < -0.3 is 10.4 Å². The first-order valence-corrected chi connectivity index (χ1v) is 5.18. The highest BCUT2D eigenvalue weighted by Crippen LogP contribution is 2.26. The van der Waals surface area contributed by atoms with Gasteiger partial charge in [0.1, 0.15) is 0 Å². The van der Waals surface area contributed by atoms with Crippen LogP contribution in [0.25, 0.3) is 0 Å². The van der Waals surface area contributed by atoms with Crippen molar-refractivity contribution in [2.75, 3.05) is 5.32 Å². The molecule has 2 rings (SSSR count). The SMILES string of the molecule is Cc1ccc(N[C@@H]2CC[C@H]2O)c(C)c1. The standard InChI is InChI=1S/C12H17NO/c1-8-3-4-10(9(2)7-8)13-11-5-6-12(11)14/h3-4,7,11-14H,5-6H2,1-2H3/t11-,12-/m1/s1. The lowest BCUT2D eigenvalue weighted by atomic mass is 9.89. The van der Waals surface area contributed by atoms with Crippen LogP contribution >= 0.6 is 0 Å². The lowest BCUT2D eigenvalue weighted by Gasteiger charge is -2.34. The van der Waals surface area contributed by atoms with E-state index in [4.69, 9.17) is 0 Å². The van der Waals surface area contributed by atoms with E-state index in [1.165, 1.54) is 11.1 Å². The summed E-state index contributed by atoms with van der Waals surface area (Å²) >= 11 is 0. The molecule has 1 fully saturated rings. The van der Waals surface area contributed by atoms with E-state index in [0.717, 1.165) is 18.5 Å². The van der Waals surface area contributed by atoms with Crippen LogP contribution in [-0.2, 0) is 0 Å². The molecule has 0 bridgehead atoms. The highest BCUT2D eigenvalue weighted by atomic mass is 16.3. The molecule has 2 N–H and O–H groups in total. The van der Waals surface area contributed by atoms with Gasteiger partial charge in [-0.15, -0.1) is 0 Å². The third-order valence-corrected chi connectivity index (χ3v) is 2.96. The molecule has 0 saturated heterocycles. The number of anilines is 1. The summed E-state index contributed by atoms with van der Waals surface area (Å²) in [6.45, 7) is 4.19. The maximum atomic E-state index is 9.45. The minimum Gasteiger partial charge on any atom is -0.391 e. The van der Waals surface area contributed by atoms with Gasteiger partial charge >= 0.3 is 0 Å². The van der Waals surface area contributed by atoms with Crippen molar-refractivity contribution < 1.29 is 5.11 Å². The van der Waals surface area contributed by atoms with E-state index >= 15 is 0 Å². The fourth-order valence-electron chi connectivity index (χ4n) is 1.83. The first kappa shape index (κ1) is 9.53. The number of hydrogen-bond acceptors (Lipinski definition) is 2. The molecule has 0 heterocycles. The summed E-state index contributed by atoms with van der Waals surface area (Å²) in [5, 5.41) is 12.8. The summed E-state index contributed by atoms with van der Waals surface area (Å²) in [4.78, 5) is 0. The molecule has 76 valence electrons. The molecule has 1 aliphatic carbocycles. The fraction of sp³-hybridized carbons (Fsp3) is 0.500. The van der Waals surface area contributed by atoms with Gasteiger partial charge in [-0.1, -0.05) is 17.7 Å². The molecule has 0 aromatic heterocycles. The average Bonchev–Trinajstić information content (AvgIpc) is 2.14. The fourth-order valence-corrected chi connectivity index (χ4v) is 1.83. The van der Waals surface area contributed by atoms with Crippen LogP contribution in [0.2, 0.25) is 0 Å². The first-order chi connectivity index (χ1) is 6.66. The molecular formula is C12H17NO. The highest BCUT2D eigenvalue weighted by Gasteiger charge is 2.28. The van der Waals surface area contributed by atoms with Crippen molar-refractivity contribution in [1.29, 1.82) is 0 Å². The van der Waals surface area contributed by atoms with E-state index in [1.54, 1.807) is 0 Å². The lowest BCUT2D eigenvalue weighted by molar-refractivity contribution is 0.0786. The molecule has 1 saturated carbocycles. The molecule has 1 aliphatic rings. The van der Waals surface area contributed by atoms with Gasteiger partial charge in [0, 0.05) is 5.69 Å². The Labute approximate surface area is 85.0 Å². The predicted molar refractivity (Wildman–Crippen MR) is 58.6 cm³/mol. The topological polar surface area (TPSA) is 32.3 Å². The van der Waals surface area contributed by atoms with Crippen molar-refractivity contribution in [3.8, 4) is 0 Å². The zero-order valence-electron chi connectivity index (χ0n) is 8.75. The van der Waals surface area contributed by atoms with Gasteiger partial charge in [0.25, 0.3) is 0 Å². The molecule has 0 unspecified atom stereocenters. The number of aliphatic hydroxyl groups is 1. The van der Waals surface area contributed by atoms with Crippen LogP contribution in [0, 0.1) is 13.8 Å². The third kappa shape index (κ3) is 1.75. The van der Waals surface area contributed by atoms with Gasteiger partial charge in [-0.05, 0) is 38.3 Å². The Hall–Kier alpha value is -1.02. The van der Waals surface area contributed by atoms with E-state index in [1.807, 2.05) is 0 Å². The highest BCUT2D eigenvalue weighted by molar-refractivity contribution is 5.53. The van der Waals surface area contributed by atoms with Crippen LogP contribution in [0.15, 0.2) is 18.2 Å². The van der Waals surface area contributed by atoms with Gasteiger partial charge in [0.15, 0.2) is 0 Å². The summed E-state index contributed by atoms with van der Waals surface area (Å²) in [6.07, 6.45) is 1.85. The Balaban J connectivity index is 2.09. The van der Waals surface area contributed by atoms with Crippen LogP contribution in [0.4, 0.5) is 5.69 Å². The van der Waals surface area contributed by atoms with Gasteiger partial charge in [0.2, 0.25) is 0 Å². The Kier molecular flexibility index (Phi) is 2.46. The predicted octanol–water partition coefficient (Wildman–Crippen LogP) is 2.24. The number of rotatable bonds is 2. The average molecular weight is 191 g/mol. The monoisotopic (exact) mass is 191 g/mol. The van der Waals surface area contributed by atoms with Crippen molar-refractivity contribution in [3.05, 3.63) is 29.3 Å². The Bertz CT molecular complexity index is 335. The number of nitrogens with one attached hydrogen (secondary N) is 1. The van der Waals surface area contributed by atoms with Gasteiger partial charge in [-0.3, -0.25) is 0 Å². The zero-order valence-corrected chi connectivity index (χ0v) is 8.75. The van der Waals surface area contributed by atoms with Crippen molar-refractivity contribution in [2.45, 2.75) is 38.8 Å². The van der Waals surface area contributed by atoms with E-state index in [-0.39, 0.29) is 12.1 Å². The van der Waals surface area contributed by atoms with E-state index in [0.29, 0.717) is 0 Å². The zero-order chi connectivity index (χ0) is 10.1. The van der Waals surface area contributed by atoms with Crippen LogP contribution in [-0.4, -0.2) is 17.3 Å². The molecule has 1 aromatic rings. The lowest BCUT2D eigenvalue weighted by Crippen LogP contribution is -2.42. The maximum absolute atomic E-state index is 9.45. The molecule has 0 radical (unpaired) electrons. The largest absolute Gasteiger partial charge is 0.391 e. The van der Waals surface area contributed by atoms with Crippen molar-refractivity contribution in [2.24, 2.45) is 0 Å². The molecule has 0 aliphatic heterocycles. The molecule has 2 heteroatoms. The molecule has 2 atom stereocenters. The molecule has 0 spiro atoms. The van der Waals surface area contributed by atoms with Gasteiger partial charge in [0.05, 0.1) is 12.1 Å². The number of benzene rings is 1. The van der Waals surface area contributed by atoms with E-state index in [9.17, 15) is 5.11 Å². The molecular weight excluding hydrogens is 174 g/mol. The minimum absolute atomic E-state index is 0.157. The van der Waals surface area contributed by atoms with Crippen LogP contribution in [0.3, 0.4) is 0 Å². The summed E-state index contributed by atoms with van der Waals surface area (Å²) < 4.78 is 0. The maximum Gasteiger partial charge on any atom is 0.0741 e. The summed E-state index contributed by atoms with van der Waals surface area (Å²) in [5.74, 6) is 0. The summed E-state index contributed by atoms with van der Waals surface area (Å²) in [7, 11) is 0. The van der Waals surface area contributed by atoms with E-state index in [2.05, 4.69) is 37.4 Å². The number of aryl methyl sites for hydroxylation is 2. The Morgan fingerprint density at radius 1 is 1.29 bits per heavy atom. The van der Waals surface area contributed by atoms with E-state index < -0.39 is 0 Å². The van der Waals surface area contributed by atoms with Crippen LogP contribution in [0.1, 0.15) is 24.0 Å². The quantitative estimate of drug-likeness (QED) is 0.751. The van der Waals surface area contributed by atoms with Crippen LogP contribution in [0.5, 0.6) is 0 Å². The Morgan fingerprint density at radius 2 is 2.07 bits per heavy atom.